The maximum atomic E-state index is 4.90. The van der Waals surface area contributed by atoms with Crippen molar-refractivity contribution in [3.63, 3.8) is 0 Å². The third-order valence-corrected chi connectivity index (χ3v) is 4.97. The van der Waals surface area contributed by atoms with Crippen LogP contribution in [0.3, 0.4) is 0 Å². The van der Waals surface area contributed by atoms with Gasteiger partial charge < -0.3 is 15.5 Å². The normalized spacial score (nSPS) is 17.3. The van der Waals surface area contributed by atoms with Gasteiger partial charge in [-0.1, -0.05) is 49.1 Å². The van der Waals surface area contributed by atoms with Crippen LogP contribution in [0, 0.1) is 0 Å². The average molecular weight is 390 g/mol. The van der Waals surface area contributed by atoms with Gasteiger partial charge >= 0.3 is 0 Å². The summed E-state index contributed by atoms with van der Waals surface area (Å²) in [7, 11) is 4.04. The van der Waals surface area contributed by atoms with Gasteiger partial charge in [-0.3, -0.25) is 0 Å². The molecule has 1 aliphatic heterocycles. The molecule has 1 aromatic carbocycles. The monoisotopic (exact) mass is 389 g/mol. The quantitative estimate of drug-likeness (QED) is 0.663. The summed E-state index contributed by atoms with van der Waals surface area (Å²) in [6, 6.07) is 12.3. The van der Waals surface area contributed by atoms with Gasteiger partial charge in [0.2, 0.25) is 0 Å². The number of anilines is 1. The molecule has 1 aliphatic rings. The minimum Gasteiger partial charge on any atom is -0.378 e. The molecule has 5 nitrogen and oxygen atoms in total. The van der Waals surface area contributed by atoms with E-state index < -0.39 is 0 Å². The van der Waals surface area contributed by atoms with Crippen LogP contribution < -0.4 is 10.6 Å². The molecule has 0 saturated carbocycles. The SMILES string of the molecule is C=C/C=C(\C=C/CNc1cc(-c2ccccc2)nc(C2CCCNC2)n1)N(C)C. The van der Waals surface area contributed by atoms with Crippen molar-refractivity contribution in [1.29, 1.82) is 0 Å². The second-order valence-electron chi connectivity index (χ2n) is 7.41. The molecule has 152 valence electrons. The third-order valence-electron chi connectivity index (χ3n) is 4.97. The first-order valence-corrected chi connectivity index (χ1v) is 10.2. The van der Waals surface area contributed by atoms with Crippen LogP contribution in [-0.2, 0) is 0 Å². The molecule has 0 radical (unpaired) electrons. The van der Waals surface area contributed by atoms with Crippen molar-refractivity contribution >= 4 is 5.82 Å². The van der Waals surface area contributed by atoms with Gasteiger partial charge in [-0.25, -0.2) is 9.97 Å². The zero-order valence-electron chi connectivity index (χ0n) is 17.4. The number of hydrogen-bond acceptors (Lipinski definition) is 5. The number of nitrogens with one attached hydrogen (secondary N) is 2. The van der Waals surface area contributed by atoms with Crippen LogP contribution in [0.4, 0.5) is 5.82 Å². The maximum Gasteiger partial charge on any atom is 0.135 e. The summed E-state index contributed by atoms with van der Waals surface area (Å²) in [4.78, 5) is 11.8. The van der Waals surface area contributed by atoms with E-state index >= 15 is 0 Å². The largest absolute Gasteiger partial charge is 0.378 e. The van der Waals surface area contributed by atoms with Crippen LogP contribution in [0.25, 0.3) is 11.3 Å². The van der Waals surface area contributed by atoms with Crippen LogP contribution in [0.1, 0.15) is 24.6 Å². The second kappa shape index (κ2) is 10.6. The standard InChI is InChI=1S/C24H31N5/c1-4-10-21(29(2)3)14-9-16-26-23-17-22(19-11-6-5-7-12-19)27-24(28-23)20-13-8-15-25-18-20/h4-7,9-12,14,17,20,25H,1,8,13,15-16,18H2,2-3H3,(H,26,27,28)/b14-9-,21-10+. The highest BCUT2D eigenvalue weighted by Crippen LogP contribution is 2.25. The highest BCUT2D eigenvalue weighted by molar-refractivity contribution is 5.62. The molecule has 5 heteroatoms. The third kappa shape index (κ3) is 6.03. The van der Waals surface area contributed by atoms with E-state index in [1.165, 1.54) is 0 Å². The Labute approximate surface area is 174 Å². The van der Waals surface area contributed by atoms with Gasteiger partial charge in [-0.2, -0.15) is 0 Å². The zero-order chi connectivity index (χ0) is 20.5. The molecule has 0 spiro atoms. The Kier molecular flexibility index (Phi) is 7.59. The molecular weight excluding hydrogens is 358 g/mol. The van der Waals surface area contributed by atoms with Crippen molar-refractivity contribution in [3.05, 3.63) is 78.8 Å². The van der Waals surface area contributed by atoms with Crippen LogP contribution >= 0.6 is 0 Å². The van der Waals surface area contributed by atoms with E-state index in [9.17, 15) is 0 Å². The molecule has 1 aromatic heterocycles. The number of allylic oxidation sites excluding steroid dienone is 3. The summed E-state index contributed by atoms with van der Waals surface area (Å²) in [6.45, 7) is 6.49. The first-order valence-electron chi connectivity index (χ1n) is 10.2. The number of likely N-dealkylation sites (N-methyl/N-ethyl adjacent to an activating group) is 1. The van der Waals surface area contributed by atoms with E-state index in [1.807, 2.05) is 44.4 Å². The minimum absolute atomic E-state index is 0.361. The molecule has 1 saturated heterocycles. The van der Waals surface area contributed by atoms with Crippen molar-refractivity contribution in [2.45, 2.75) is 18.8 Å². The van der Waals surface area contributed by atoms with E-state index in [0.717, 1.165) is 54.5 Å². The maximum absolute atomic E-state index is 4.90. The Morgan fingerprint density at radius 3 is 2.79 bits per heavy atom. The Morgan fingerprint density at radius 1 is 1.28 bits per heavy atom. The van der Waals surface area contributed by atoms with Crippen molar-refractivity contribution < 1.29 is 0 Å². The van der Waals surface area contributed by atoms with E-state index in [1.54, 1.807) is 6.08 Å². The second-order valence-corrected chi connectivity index (χ2v) is 7.41. The lowest BCUT2D eigenvalue weighted by Crippen LogP contribution is -2.29. The Morgan fingerprint density at radius 2 is 2.10 bits per heavy atom. The Balaban J connectivity index is 1.79. The van der Waals surface area contributed by atoms with Crippen LogP contribution in [0.2, 0.25) is 0 Å². The first-order chi connectivity index (χ1) is 14.2. The Hall–Kier alpha value is -2.92. The van der Waals surface area contributed by atoms with Crippen molar-refractivity contribution in [2.24, 2.45) is 0 Å². The molecule has 29 heavy (non-hydrogen) atoms. The fourth-order valence-corrected chi connectivity index (χ4v) is 3.39. The van der Waals surface area contributed by atoms with Crippen LogP contribution in [0.5, 0.6) is 0 Å². The number of aromatic nitrogens is 2. The molecular formula is C24H31N5. The van der Waals surface area contributed by atoms with Crippen LogP contribution in [0.15, 0.2) is 73.0 Å². The van der Waals surface area contributed by atoms with E-state index in [4.69, 9.17) is 9.97 Å². The summed E-state index contributed by atoms with van der Waals surface area (Å²) < 4.78 is 0. The van der Waals surface area contributed by atoms with E-state index in [-0.39, 0.29) is 0 Å². The van der Waals surface area contributed by atoms with Crippen LogP contribution in [-0.4, -0.2) is 48.6 Å². The lowest BCUT2D eigenvalue weighted by atomic mass is 9.98. The smallest absolute Gasteiger partial charge is 0.135 e. The summed E-state index contributed by atoms with van der Waals surface area (Å²) in [5.74, 6) is 2.15. The van der Waals surface area contributed by atoms with Gasteiger partial charge in [-0.15, -0.1) is 0 Å². The molecule has 1 fully saturated rings. The topological polar surface area (TPSA) is 53.1 Å². The lowest BCUT2D eigenvalue weighted by molar-refractivity contribution is 0.447. The summed E-state index contributed by atoms with van der Waals surface area (Å²) in [5.41, 5.74) is 3.18. The van der Waals surface area contributed by atoms with E-state index in [0.29, 0.717) is 12.5 Å². The summed E-state index contributed by atoms with van der Waals surface area (Å²) >= 11 is 0. The van der Waals surface area contributed by atoms with Gasteiger partial charge in [0.05, 0.1) is 5.69 Å². The van der Waals surface area contributed by atoms with Crippen molar-refractivity contribution in [3.8, 4) is 11.3 Å². The van der Waals surface area contributed by atoms with Crippen molar-refractivity contribution in [1.82, 2.24) is 20.2 Å². The number of nitrogens with zero attached hydrogens (tertiary/aromatic N) is 3. The average Bonchev–Trinajstić information content (AvgIpc) is 2.77. The fourth-order valence-electron chi connectivity index (χ4n) is 3.39. The number of rotatable bonds is 8. The number of hydrogen-bond donors (Lipinski definition) is 2. The fraction of sp³-hybridized carbons (Fsp3) is 0.333. The molecule has 0 bridgehead atoms. The minimum atomic E-state index is 0.361. The molecule has 2 N–H and O–H groups in total. The predicted molar refractivity (Wildman–Crippen MR) is 122 cm³/mol. The number of benzene rings is 1. The van der Waals surface area contributed by atoms with Gasteiger partial charge in [-0.05, 0) is 31.5 Å². The molecule has 2 heterocycles. The van der Waals surface area contributed by atoms with Crippen molar-refractivity contribution in [2.75, 3.05) is 39.0 Å². The van der Waals surface area contributed by atoms with Gasteiger partial charge in [0.25, 0.3) is 0 Å². The molecule has 1 unspecified atom stereocenters. The predicted octanol–water partition coefficient (Wildman–Crippen LogP) is 4.21. The molecule has 0 aliphatic carbocycles. The van der Waals surface area contributed by atoms with E-state index in [2.05, 4.69) is 46.4 Å². The highest BCUT2D eigenvalue weighted by atomic mass is 15.1. The lowest BCUT2D eigenvalue weighted by Gasteiger charge is -2.22. The van der Waals surface area contributed by atoms with Gasteiger partial charge in [0.15, 0.2) is 0 Å². The summed E-state index contributed by atoms with van der Waals surface area (Å²) in [5, 5.41) is 6.91. The molecule has 2 aromatic rings. The van der Waals surface area contributed by atoms with Gasteiger partial charge in [0, 0.05) is 50.4 Å². The molecule has 0 amide bonds. The zero-order valence-corrected chi connectivity index (χ0v) is 17.4. The number of piperidine rings is 1. The first kappa shape index (κ1) is 20.8. The Bertz CT molecular complexity index is 849. The highest BCUT2D eigenvalue weighted by Gasteiger charge is 2.19. The van der Waals surface area contributed by atoms with Gasteiger partial charge in [0.1, 0.15) is 11.6 Å². The molecule has 3 rings (SSSR count). The summed E-state index contributed by atoms with van der Waals surface area (Å²) in [6.07, 6.45) is 10.3. The molecule has 1 atom stereocenters.